The predicted molar refractivity (Wildman–Crippen MR) is 109 cm³/mol. The van der Waals surface area contributed by atoms with Gasteiger partial charge in [0.2, 0.25) is 0 Å². The van der Waals surface area contributed by atoms with Crippen LogP contribution in [-0.4, -0.2) is 21.0 Å². The van der Waals surface area contributed by atoms with E-state index in [4.69, 9.17) is 0 Å². The number of fused-ring (bicyclic) bond motifs is 1. The molecule has 2 aromatic carbocycles. The molecular formula is C21H16BrF2N3O2. The van der Waals surface area contributed by atoms with Crippen LogP contribution in [-0.2, 0) is 13.1 Å². The van der Waals surface area contributed by atoms with Gasteiger partial charge in [0.25, 0.3) is 5.56 Å². The highest BCUT2D eigenvalue weighted by Crippen LogP contribution is 2.24. The third-order valence-electron chi connectivity index (χ3n) is 4.58. The zero-order chi connectivity index (χ0) is 20.4. The molecule has 0 amide bonds. The molecule has 0 fully saturated rings. The second-order valence-electron chi connectivity index (χ2n) is 6.42. The lowest BCUT2D eigenvalue weighted by atomic mass is 10.2. The van der Waals surface area contributed by atoms with Crippen molar-refractivity contribution in [2.45, 2.75) is 19.7 Å². The summed E-state index contributed by atoms with van der Waals surface area (Å²) in [5.41, 5.74) is 2.00. The van der Waals surface area contributed by atoms with Crippen LogP contribution in [0, 0.1) is 0 Å². The second-order valence-corrected chi connectivity index (χ2v) is 7.34. The van der Waals surface area contributed by atoms with Crippen LogP contribution in [0.4, 0.5) is 8.78 Å². The first-order valence-electron chi connectivity index (χ1n) is 8.83. The lowest BCUT2D eigenvalue weighted by molar-refractivity contribution is -0.0505. The van der Waals surface area contributed by atoms with Crippen LogP contribution < -0.4 is 10.3 Å². The van der Waals surface area contributed by atoms with E-state index in [0.717, 1.165) is 10.0 Å². The molecule has 4 rings (SSSR count). The van der Waals surface area contributed by atoms with Gasteiger partial charge in [-0.15, -0.1) is 0 Å². The van der Waals surface area contributed by atoms with Crippen LogP contribution in [0.3, 0.4) is 0 Å². The van der Waals surface area contributed by atoms with Crippen molar-refractivity contribution in [1.29, 1.82) is 0 Å². The molecule has 0 radical (unpaired) electrons. The minimum atomic E-state index is -2.93. The van der Waals surface area contributed by atoms with E-state index in [9.17, 15) is 13.6 Å². The number of halogens is 3. The molecule has 0 bridgehead atoms. The van der Waals surface area contributed by atoms with Crippen LogP contribution in [0.25, 0.3) is 10.9 Å². The Kier molecular flexibility index (Phi) is 5.44. The largest absolute Gasteiger partial charge is 0.434 e. The highest BCUT2D eigenvalue weighted by molar-refractivity contribution is 9.10. The van der Waals surface area contributed by atoms with Crippen molar-refractivity contribution in [3.05, 3.63) is 92.9 Å². The number of benzene rings is 2. The number of hydrogen-bond acceptors (Lipinski definition) is 3. The van der Waals surface area contributed by atoms with E-state index >= 15 is 0 Å². The van der Waals surface area contributed by atoms with E-state index in [1.54, 1.807) is 52.1 Å². The summed E-state index contributed by atoms with van der Waals surface area (Å²) < 4.78 is 34.5. The van der Waals surface area contributed by atoms with Gasteiger partial charge in [0.05, 0.1) is 24.0 Å². The first kappa shape index (κ1) is 19.3. The lowest BCUT2D eigenvalue weighted by Crippen LogP contribution is -2.24. The van der Waals surface area contributed by atoms with Crippen molar-refractivity contribution in [3.63, 3.8) is 0 Å². The van der Waals surface area contributed by atoms with E-state index in [2.05, 4.69) is 25.7 Å². The summed E-state index contributed by atoms with van der Waals surface area (Å²) in [6.07, 6.45) is 3.32. The topological polar surface area (TPSA) is 49.0 Å². The van der Waals surface area contributed by atoms with Crippen LogP contribution in [0.2, 0.25) is 0 Å². The van der Waals surface area contributed by atoms with Crippen molar-refractivity contribution < 1.29 is 13.5 Å². The van der Waals surface area contributed by atoms with Crippen molar-refractivity contribution in [2.75, 3.05) is 0 Å². The molecule has 8 heteroatoms. The molecule has 0 saturated carbocycles. The normalized spacial score (nSPS) is 11.3. The molecule has 2 aromatic heterocycles. The van der Waals surface area contributed by atoms with Crippen molar-refractivity contribution in [2.24, 2.45) is 0 Å². The number of pyridine rings is 1. The van der Waals surface area contributed by atoms with E-state index < -0.39 is 6.61 Å². The Morgan fingerprint density at radius 3 is 2.52 bits per heavy atom. The van der Waals surface area contributed by atoms with Crippen LogP contribution in [0.15, 0.2) is 76.3 Å². The molecule has 0 aliphatic carbocycles. The molecule has 4 aromatic rings. The van der Waals surface area contributed by atoms with Gasteiger partial charge in [-0.05, 0) is 42.0 Å². The van der Waals surface area contributed by atoms with Crippen LogP contribution in [0.5, 0.6) is 5.75 Å². The van der Waals surface area contributed by atoms with E-state index in [1.165, 1.54) is 6.07 Å². The highest BCUT2D eigenvalue weighted by atomic mass is 79.9. The second kappa shape index (κ2) is 8.16. The first-order chi connectivity index (χ1) is 14.0. The monoisotopic (exact) mass is 459 g/mol. The van der Waals surface area contributed by atoms with Gasteiger partial charge < -0.3 is 4.74 Å². The van der Waals surface area contributed by atoms with Crippen molar-refractivity contribution in [1.82, 2.24) is 14.3 Å². The number of alkyl halides is 2. The Balaban J connectivity index is 1.86. The maximum absolute atomic E-state index is 13.1. The Bertz CT molecular complexity index is 1210. The fraction of sp³-hybridized carbons (Fsp3) is 0.143. The average Bonchev–Trinajstić information content (AvgIpc) is 2.95. The van der Waals surface area contributed by atoms with Gasteiger partial charge in [0.1, 0.15) is 5.75 Å². The lowest BCUT2D eigenvalue weighted by Gasteiger charge is -2.16. The summed E-state index contributed by atoms with van der Waals surface area (Å²) in [5.74, 6) is 0.0854. The molecule has 148 valence electrons. The molecular weight excluding hydrogens is 444 g/mol. The Labute approximate surface area is 173 Å². The maximum Gasteiger partial charge on any atom is 0.387 e. The molecule has 0 aliphatic heterocycles. The van der Waals surface area contributed by atoms with Crippen LogP contribution in [0.1, 0.15) is 11.1 Å². The highest BCUT2D eigenvalue weighted by Gasteiger charge is 2.17. The summed E-state index contributed by atoms with van der Waals surface area (Å²) in [7, 11) is 0. The number of aromatic nitrogens is 3. The molecule has 2 heterocycles. The SMILES string of the molecule is O=c1c2ccc(Br)cc2n(Cc2ccccc2OC(F)F)n1Cc1ccncc1. The summed E-state index contributed by atoms with van der Waals surface area (Å²) in [6.45, 7) is -2.40. The molecule has 0 spiro atoms. The summed E-state index contributed by atoms with van der Waals surface area (Å²) >= 11 is 3.44. The number of ether oxygens (including phenoxy) is 1. The summed E-state index contributed by atoms with van der Waals surface area (Å²) in [4.78, 5) is 17.1. The maximum atomic E-state index is 13.1. The van der Waals surface area contributed by atoms with E-state index in [-0.39, 0.29) is 17.9 Å². The zero-order valence-electron chi connectivity index (χ0n) is 15.1. The molecule has 5 nitrogen and oxygen atoms in total. The summed E-state index contributed by atoms with van der Waals surface area (Å²) in [6, 6.07) is 15.7. The fourth-order valence-corrected chi connectivity index (χ4v) is 3.62. The fourth-order valence-electron chi connectivity index (χ4n) is 3.27. The smallest absolute Gasteiger partial charge is 0.387 e. The van der Waals surface area contributed by atoms with Crippen molar-refractivity contribution >= 4 is 26.8 Å². The molecule has 0 aliphatic rings. The minimum Gasteiger partial charge on any atom is -0.434 e. The van der Waals surface area contributed by atoms with Crippen molar-refractivity contribution in [3.8, 4) is 5.75 Å². The van der Waals surface area contributed by atoms with Gasteiger partial charge >= 0.3 is 6.61 Å². The van der Waals surface area contributed by atoms with Gasteiger partial charge in [0.15, 0.2) is 0 Å². The Morgan fingerprint density at radius 2 is 1.76 bits per heavy atom. The standard InChI is InChI=1S/C21H16BrF2N3O2/c22-16-5-6-17-18(11-16)26(13-15-3-1-2-4-19(15)29-21(23)24)27(20(17)28)12-14-7-9-25-10-8-14/h1-11,21H,12-13H2. The third-order valence-corrected chi connectivity index (χ3v) is 5.08. The minimum absolute atomic E-state index is 0.0854. The molecule has 0 saturated heterocycles. The van der Waals surface area contributed by atoms with Gasteiger partial charge in [-0.1, -0.05) is 34.1 Å². The number of nitrogens with zero attached hydrogens (tertiary/aromatic N) is 3. The first-order valence-corrected chi connectivity index (χ1v) is 9.62. The number of rotatable bonds is 6. The van der Waals surface area contributed by atoms with Gasteiger partial charge in [-0.25, -0.2) is 4.68 Å². The third kappa shape index (κ3) is 4.07. The average molecular weight is 460 g/mol. The number of hydrogen-bond donors (Lipinski definition) is 0. The van der Waals surface area contributed by atoms with Gasteiger partial charge in [-0.2, -0.15) is 8.78 Å². The van der Waals surface area contributed by atoms with E-state index in [0.29, 0.717) is 23.0 Å². The quantitative estimate of drug-likeness (QED) is 0.421. The van der Waals surface area contributed by atoms with Gasteiger partial charge in [0, 0.05) is 22.4 Å². The van der Waals surface area contributed by atoms with Crippen LogP contribution >= 0.6 is 15.9 Å². The predicted octanol–water partition coefficient (Wildman–Crippen LogP) is 4.66. The summed E-state index contributed by atoms with van der Waals surface area (Å²) in [5, 5.41) is 0.550. The molecule has 0 N–H and O–H groups in total. The Hall–Kier alpha value is -3.00. The molecule has 0 unspecified atom stereocenters. The molecule has 29 heavy (non-hydrogen) atoms. The Morgan fingerprint density at radius 1 is 1.00 bits per heavy atom. The zero-order valence-corrected chi connectivity index (χ0v) is 16.7. The van der Waals surface area contributed by atoms with Gasteiger partial charge in [-0.3, -0.25) is 14.5 Å². The number of para-hydroxylation sites is 1. The van der Waals surface area contributed by atoms with E-state index in [1.807, 2.05) is 18.2 Å². The molecule has 0 atom stereocenters.